The third-order valence-electron chi connectivity index (χ3n) is 2.98. The highest BCUT2D eigenvalue weighted by atomic mass is 79.9. The van der Waals surface area contributed by atoms with Gasteiger partial charge in [-0.1, -0.05) is 24.4 Å². The molecule has 1 aromatic carbocycles. The fraction of sp³-hybridized carbons (Fsp3) is 0.385. The number of nitrogens with zero attached hydrogens (tertiary/aromatic N) is 1. The first kappa shape index (κ1) is 15.4. The lowest BCUT2D eigenvalue weighted by Crippen LogP contribution is -2.49. The van der Waals surface area contributed by atoms with Crippen LogP contribution < -0.4 is 11.1 Å². The summed E-state index contributed by atoms with van der Waals surface area (Å²) in [6.07, 6.45) is -0.269. The fourth-order valence-corrected chi connectivity index (χ4v) is 2.50. The maximum Gasteiger partial charge on any atom is 0.238 e. The molecule has 0 aromatic heterocycles. The largest absolute Gasteiger partial charge is 0.391 e. The van der Waals surface area contributed by atoms with Crippen molar-refractivity contribution < 1.29 is 9.53 Å². The number of thiocarbonyl (C=S) groups is 1. The number of carbonyl (C=O) groups is 1. The van der Waals surface area contributed by atoms with E-state index in [0.717, 1.165) is 10.2 Å². The zero-order valence-electron chi connectivity index (χ0n) is 10.8. The SMILES string of the molecule is NC(=S)C1CN(CC(=O)Nc2ccccc2Br)CCO1. The Labute approximate surface area is 131 Å². The maximum atomic E-state index is 12.0. The number of hydrogen-bond acceptors (Lipinski definition) is 4. The summed E-state index contributed by atoms with van der Waals surface area (Å²) in [6.45, 7) is 2.08. The van der Waals surface area contributed by atoms with Crippen LogP contribution in [0.5, 0.6) is 0 Å². The van der Waals surface area contributed by atoms with Gasteiger partial charge in [-0.15, -0.1) is 0 Å². The van der Waals surface area contributed by atoms with Crippen LogP contribution in [0, 0.1) is 0 Å². The van der Waals surface area contributed by atoms with E-state index in [1.807, 2.05) is 29.2 Å². The first-order valence-electron chi connectivity index (χ1n) is 6.24. The second kappa shape index (κ2) is 7.12. The summed E-state index contributed by atoms with van der Waals surface area (Å²) >= 11 is 8.32. The molecule has 20 heavy (non-hydrogen) atoms. The van der Waals surface area contributed by atoms with E-state index in [-0.39, 0.29) is 12.0 Å². The van der Waals surface area contributed by atoms with E-state index in [2.05, 4.69) is 21.2 Å². The molecule has 3 N–H and O–H groups in total. The first-order chi connectivity index (χ1) is 9.56. The highest BCUT2D eigenvalue weighted by Crippen LogP contribution is 2.21. The summed E-state index contributed by atoms with van der Waals surface area (Å²) < 4.78 is 6.30. The fourth-order valence-electron chi connectivity index (χ4n) is 1.97. The van der Waals surface area contributed by atoms with Gasteiger partial charge in [0.05, 0.1) is 18.8 Å². The number of rotatable bonds is 4. The Hall–Kier alpha value is -1.02. The molecule has 108 valence electrons. The minimum absolute atomic E-state index is 0.0690. The van der Waals surface area contributed by atoms with Crippen molar-refractivity contribution in [2.24, 2.45) is 5.73 Å². The average molecular weight is 358 g/mol. The molecule has 1 heterocycles. The van der Waals surface area contributed by atoms with Crippen LogP contribution in [0.1, 0.15) is 0 Å². The third-order valence-corrected chi connectivity index (χ3v) is 3.94. The number of amides is 1. The summed E-state index contributed by atoms with van der Waals surface area (Å²) in [5, 5.41) is 2.87. The molecule has 0 radical (unpaired) electrons. The standard InChI is InChI=1S/C13H16BrN3O2S/c14-9-3-1-2-4-10(9)16-12(18)8-17-5-6-19-11(7-17)13(15)20/h1-4,11H,5-8H2,(H2,15,20)(H,16,18). The Morgan fingerprint density at radius 3 is 3.00 bits per heavy atom. The lowest BCUT2D eigenvalue weighted by atomic mass is 10.2. The number of carbonyl (C=O) groups excluding carboxylic acids is 1. The Morgan fingerprint density at radius 2 is 2.30 bits per heavy atom. The number of anilines is 1. The first-order valence-corrected chi connectivity index (χ1v) is 7.44. The van der Waals surface area contributed by atoms with Crippen molar-refractivity contribution in [3.05, 3.63) is 28.7 Å². The van der Waals surface area contributed by atoms with Gasteiger partial charge in [0.2, 0.25) is 5.91 Å². The quantitative estimate of drug-likeness (QED) is 0.796. The van der Waals surface area contributed by atoms with Gasteiger partial charge in [-0.05, 0) is 28.1 Å². The van der Waals surface area contributed by atoms with E-state index in [0.29, 0.717) is 31.2 Å². The number of para-hydroxylation sites is 1. The topological polar surface area (TPSA) is 67.6 Å². The highest BCUT2D eigenvalue weighted by molar-refractivity contribution is 9.10. The predicted octanol–water partition coefficient (Wildman–Crippen LogP) is 1.37. The number of ether oxygens (including phenoxy) is 1. The van der Waals surface area contributed by atoms with Gasteiger partial charge in [-0.25, -0.2) is 0 Å². The summed E-state index contributed by atoms with van der Waals surface area (Å²) in [7, 11) is 0. The number of nitrogens with one attached hydrogen (secondary N) is 1. The molecule has 0 bridgehead atoms. The molecule has 0 spiro atoms. The van der Waals surface area contributed by atoms with Gasteiger partial charge in [0.25, 0.3) is 0 Å². The Morgan fingerprint density at radius 1 is 1.55 bits per heavy atom. The van der Waals surface area contributed by atoms with Gasteiger partial charge in [0.15, 0.2) is 0 Å². The zero-order chi connectivity index (χ0) is 14.5. The molecule has 7 heteroatoms. The van der Waals surface area contributed by atoms with Gasteiger partial charge in [0, 0.05) is 17.6 Å². The molecule has 0 aliphatic carbocycles. The molecule has 1 fully saturated rings. The van der Waals surface area contributed by atoms with Crippen molar-refractivity contribution in [3.8, 4) is 0 Å². The molecule has 2 rings (SSSR count). The molecular weight excluding hydrogens is 342 g/mol. The van der Waals surface area contributed by atoms with E-state index in [1.54, 1.807) is 0 Å². The molecule has 1 amide bonds. The summed E-state index contributed by atoms with van der Waals surface area (Å²) in [4.78, 5) is 14.4. The van der Waals surface area contributed by atoms with Gasteiger partial charge in [0.1, 0.15) is 11.1 Å². The van der Waals surface area contributed by atoms with Crippen LogP contribution in [-0.2, 0) is 9.53 Å². The predicted molar refractivity (Wildman–Crippen MR) is 85.7 cm³/mol. The summed E-state index contributed by atoms with van der Waals surface area (Å²) in [5.74, 6) is -0.0690. The van der Waals surface area contributed by atoms with Crippen LogP contribution in [0.2, 0.25) is 0 Å². The third kappa shape index (κ3) is 4.24. The molecular formula is C13H16BrN3O2S. The van der Waals surface area contributed by atoms with Gasteiger partial charge >= 0.3 is 0 Å². The van der Waals surface area contributed by atoms with Crippen LogP contribution in [0.25, 0.3) is 0 Å². The minimum Gasteiger partial charge on any atom is -0.391 e. The number of nitrogens with two attached hydrogens (primary N) is 1. The lowest BCUT2D eigenvalue weighted by Gasteiger charge is -2.31. The average Bonchev–Trinajstić information content (AvgIpc) is 2.41. The normalized spacial score (nSPS) is 19.6. The molecule has 1 aliphatic rings. The lowest BCUT2D eigenvalue weighted by molar-refractivity contribution is -0.118. The van der Waals surface area contributed by atoms with Crippen molar-refractivity contribution in [1.29, 1.82) is 0 Å². The molecule has 1 atom stereocenters. The summed E-state index contributed by atoms with van der Waals surface area (Å²) in [5.41, 5.74) is 6.34. The van der Waals surface area contributed by atoms with Gasteiger partial charge < -0.3 is 15.8 Å². The highest BCUT2D eigenvalue weighted by Gasteiger charge is 2.23. The Balaban J connectivity index is 1.88. The van der Waals surface area contributed by atoms with E-state index in [4.69, 9.17) is 22.7 Å². The number of halogens is 1. The Kier molecular flexibility index (Phi) is 5.47. The van der Waals surface area contributed by atoms with Crippen molar-refractivity contribution in [2.45, 2.75) is 6.10 Å². The van der Waals surface area contributed by atoms with Crippen molar-refractivity contribution in [2.75, 3.05) is 31.6 Å². The number of benzene rings is 1. The van der Waals surface area contributed by atoms with Crippen LogP contribution in [0.15, 0.2) is 28.7 Å². The minimum atomic E-state index is -0.269. The van der Waals surface area contributed by atoms with Crippen LogP contribution in [0.4, 0.5) is 5.69 Å². The molecule has 1 unspecified atom stereocenters. The second-order valence-electron chi connectivity index (χ2n) is 4.52. The maximum absolute atomic E-state index is 12.0. The van der Waals surface area contributed by atoms with Crippen LogP contribution >= 0.6 is 28.1 Å². The van der Waals surface area contributed by atoms with Crippen molar-refractivity contribution in [3.63, 3.8) is 0 Å². The van der Waals surface area contributed by atoms with Gasteiger partial charge in [-0.3, -0.25) is 9.69 Å². The van der Waals surface area contributed by atoms with E-state index < -0.39 is 0 Å². The molecule has 1 aromatic rings. The van der Waals surface area contributed by atoms with E-state index >= 15 is 0 Å². The second-order valence-corrected chi connectivity index (χ2v) is 5.85. The number of morpholine rings is 1. The van der Waals surface area contributed by atoms with E-state index in [9.17, 15) is 4.79 Å². The van der Waals surface area contributed by atoms with E-state index in [1.165, 1.54) is 0 Å². The zero-order valence-corrected chi connectivity index (χ0v) is 13.2. The molecule has 5 nitrogen and oxygen atoms in total. The molecule has 1 saturated heterocycles. The molecule has 0 saturated carbocycles. The van der Waals surface area contributed by atoms with Crippen LogP contribution in [0.3, 0.4) is 0 Å². The van der Waals surface area contributed by atoms with Crippen molar-refractivity contribution >= 4 is 44.7 Å². The smallest absolute Gasteiger partial charge is 0.238 e. The Bertz CT molecular complexity index is 512. The van der Waals surface area contributed by atoms with Crippen LogP contribution in [-0.4, -0.2) is 48.1 Å². The number of hydrogen-bond donors (Lipinski definition) is 2. The molecule has 1 aliphatic heterocycles. The monoisotopic (exact) mass is 357 g/mol. The summed E-state index contributed by atoms with van der Waals surface area (Å²) in [6, 6.07) is 7.50. The van der Waals surface area contributed by atoms with Crippen molar-refractivity contribution in [1.82, 2.24) is 4.90 Å². The van der Waals surface area contributed by atoms with Gasteiger partial charge in [-0.2, -0.15) is 0 Å².